The van der Waals surface area contributed by atoms with Crippen molar-refractivity contribution in [2.75, 3.05) is 0 Å². The van der Waals surface area contributed by atoms with Crippen LogP contribution in [0.25, 0.3) is 11.1 Å². The van der Waals surface area contributed by atoms with E-state index in [4.69, 9.17) is 0 Å². The molecular formula is C17H20O. The van der Waals surface area contributed by atoms with Gasteiger partial charge in [-0.3, -0.25) is 0 Å². The van der Waals surface area contributed by atoms with Crippen molar-refractivity contribution in [1.29, 1.82) is 0 Å². The Morgan fingerprint density at radius 2 is 1.67 bits per heavy atom. The zero-order chi connectivity index (χ0) is 13.3. The van der Waals surface area contributed by atoms with E-state index in [0.717, 1.165) is 11.1 Å². The van der Waals surface area contributed by atoms with E-state index in [9.17, 15) is 5.11 Å². The number of aromatic hydroxyl groups is 1. The third kappa shape index (κ3) is 2.56. The molecule has 94 valence electrons. The first-order valence-electron chi connectivity index (χ1n) is 6.28. The van der Waals surface area contributed by atoms with Crippen LogP contribution in [0.1, 0.15) is 31.9 Å². The smallest absolute Gasteiger partial charge is 0.123 e. The molecule has 0 heterocycles. The number of hydrogen-bond donors (Lipinski definition) is 1. The van der Waals surface area contributed by atoms with Crippen molar-refractivity contribution in [1.82, 2.24) is 0 Å². The summed E-state index contributed by atoms with van der Waals surface area (Å²) in [7, 11) is 0. The fourth-order valence-corrected chi connectivity index (χ4v) is 2.05. The second-order valence-corrected chi connectivity index (χ2v) is 5.85. The Bertz CT molecular complexity index is 562. The van der Waals surface area contributed by atoms with Crippen LogP contribution in [0.5, 0.6) is 5.75 Å². The van der Waals surface area contributed by atoms with Gasteiger partial charge in [0, 0.05) is 5.56 Å². The van der Waals surface area contributed by atoms with Gasteiger partial charge in [0.1, 0.15) is 5.75 Å². The van der Waals surface area contributed by atoms with E-state index in [1.165, 1.54) is 11.1 Å². The molecule has 0 spiro atoms. The van der Waals surface area contributed by atoms with E-state index in [0.29, 0.717) is 5.75 Å². The third-order valence-electron chi connectivity index (χ3n) is 3.19. The average Bonchev–Trinajstić information content (AvgIpc) is 2.28. The van der Waals surface area contributed by atoms with Crippen molar-refractivity contribution in [3.63, 3.8) is 0 Å². The molecular weight excluding hydrogens is 220 g/mol. The minimum atomic E-state index is 0.0896. The molecule has 18 heavy (non-hydrogen) atoms. The highest BCUT2D eigenvalue weighted by molar-refractivity contribution is 5.71. The lowest BCUT2D eigenvalue weighted by molar-refractivity contribution is 0.476. The Morgan fingerprint density at radius 1 is 0.944 bits per heavy atom. The molecule has 0 amide bonds. The standard InChI is InChI=1S/C17H20O/c1-12-6-5-7-13(10-12)15-11-14(17(2,3)4)8-9-16(15)18/h5-11,18H,1-4H3. The van der Waals surface area contributed by atoms with Crippen LogP contribution in [-0.4, -0.2) is 5.11 Å². The van der Waals surface area contributed by atoms with Gasteiger partial charge in [-0.1, -0.05) is 56.7 Å². The highest BCUT2D eigenvalue weighted by Gasteiger charge is 2.16. The summed E-state index contributed by atoms with van der Waals surface area (Å²) in [4.78, 5) is 0. The molecule has 0 unspecified atom stereocenters. The van der Waals surface area contributed by atoms with Crippen LogP contribution in [0.15, 0.2) is 42.5 Å². The molecule has 2 aromatic carbocycles. The monoisotopic (exact) mass is 240 g/mol. The third-order valence-corrected chi connectivity index (χ3v) is 3.19. The molecule has 2 rings (SSSR count). The van der Waals surface area contributed by atoms with Crippen molar-refractivity contribution in [3.05, 3.63) is 53.6 Å². The van der Waals surface area contributed by atoms with Gasteiger partial charge in [0.25, 0.3) is 0 Å². The van der Waals surface area contributed by atoms with Crippen molar-refractivity contribution < 1.29 is 5.11 Å². The zero-order valence-electron chi connectivity index (χ0n) is 11.5. The number of rotatable bonds is 1. The summed E-state index contributed by atoms with van der Waals surface area (Å²) in [5.41, 5.74) is 4.50. The summed E-state index contributed by atoms with van der Waals surface area (Å²) < 4.78 is 0. The number of hydrogen-bond acceptors (Lipinski definition) is 1. The lowest BCUT2D eigenvalue weighted by atomic mass is 9.85. The summed E-state index contributed by atoms with van der Waals surface area (Å²) in [5.74, 6) is 0.341. The second-order valence-electron chi connectivity index (χ2n) is 5.85. The minimum absolute atomic E-state index is 0.0896. The lowest BCUT2D eigenvalue weighted by Crippen LogP contribution is -2.10. The molecule has 0 saturated heterocycles. The van der Waals surface area contributed by atoms with Gasteiger partial charge in [-0.25, -0.2) is 0 Å². The van der Waals surface area contributed by atoms with Gasteiger partial charge in [0.15, 0.2) is 0 Å². The van der Waals surface area contributed by atoms with Gasteiger partial charge >= 0.3 is 0 Å². The molecule has 0 fully saturated rings. The van der Waals surface area contributed by atoms with Gasteiger partial charge in [-0.05, 0) is 35.6 Å². The van der Waals surface area contributed by atoms with Crippen LogP contribution >= 0.6 is 0 Å². The van der Waals surface area contributed by atoms with Crippen molar-refractivity contribution in [2.24, 2.45) is 0 Å². The molecule has 0 atom stereocenters. The van der Waals surface area contributed by atoms with E-state index >= 15 is 0 Å². The maximum Gasteiger partial charge on any atom is 0.123 e. The first-order chi connectivity index (χ1) is 8.38. The van der Waals surface area contributed by atoms with E-state index in [1.54, 1.807) is 6.07 Å². The first-order valence-corrected chi connectivity index (χ1v) is 6.28. The SMILES string of the molecule is Cc1cccc(-c2cc(C(C)(C)C)ccc2O)c1. The normalized spacial score (nSPS) is 11.6. The van der Waals surface area contributed by atoms with Crippen LogP contribution in [0.3, 0.4) is 0 Å². The molecule has 2 aromatic rings. The van der Waals surface area contributed by atoms with Gasteiger partial charge in [-0.2, -0.15) is 0 Å². The number of benzene rings is 2. The van der Waals surface area contributed by atoms with Gasteiger partial charge in [-0.15, -0.1) is 0 Å². The van der Waals surface area contributed by atoms with Crippen molar-refractivity contribution >= 4 is 0 Å². The van der Waals surface area contributed by atoms with E-state index in [-0.39, 0.29) is 5.41 Å². The van der Waals surface area contributed by atoms with Crippen LogP contribution in [-0.2, 0) is 5.41 Å². The summed E-state index contributed by atoms with van der Waals surface area (Å²) >= 11 is 0. The Balaban J connectivity index is 2.57. The minimum Gasteiger partial charge on any atom is -0.507 e. The van der Waals surface area contributed by atoms with E-state index in [1.807, 2.05) is 18.2 Å². The quantitative estimate of drug-likeness (QED) is 0.768. The number of phenolic OH excluding ortho intramolecular Hbond substituents is 1. The Labute approximate surface area is 109 Å². The largest absolute Gasteiger partial charge is 0.507 e. The van der Waals surface area contributed by atoms with Gasteiger partial charge in [0.05, 0.1) is 0 Å². The van der Waals surface area contributed by atoms with Crippen LogP contribution in [0, 0.1) is 6.92 Å². The molecule has 0 aliphatic heterocycles. The fraction of sp³-hybridized carbons (Fsp3) is 0.294. The Hall–Kier alpha value is -1.76. The van der Waals surface area contributed by atoms with Crippen LogP contribution < -0.4 is 0 Å². The summed E-state index contributed by atoms with van der Waals surface area (Å²) in [6, 6.07) is 14.1. The molecule has 1 N–H and O–H groups in total. The van der Waals surface area contributed by atoms with E-state index < -0.39 is 0 Å². The first kappa shape index (κ1) is 12.7. The van der Waals surface area contributed by atoms with Gasteiger partial charge in [0.2, 0.25) is 0 Å². The van der Waals surface area contributed by atoms with Crippen molar-refractivity contribution in [3.8, 4) is 16.9 Å². The Kier molecular flexibility index (Phi) is 3.16. The maximum atomic E-state index is 10.0. The fourth-order valence-electron chi connectivity index (χ4n) is 2.05. The Morgan fingerprint density at radius 3 is 2.28 bits per heavy atom. The average molecular weight is 240 g/mol. The topological polar surface area (TPSA) is 20.2 Å². The van der Waals surface area contributed by atoms with Crippen LogP contribution in [0.2, 0.25) is 0 Å². The second kappa shape index (κ2) is 4.49. The highest BCUT2D eigenvalue weighted by atomic mass is 16.3. The van der Waals surface area contributed by atoms with Gasteiger partial charge < -0.3 is 5.11 Å². The maximum absolute atomic E-state index is 10.0. The predicted molar refractivity (Wildman–Crippen MR) is 77.0 cm³/mol. The van der Waals surface area contributed by atoms with Crippen molar-refractivity contribution in [2.45, 2.75) is 33.1 Å². The lowest BCUT2D eigenvalue weighted by Gasteiger charge is -2.20. The summed E-state index contributed by atoms with van der Waals surface area (Å²) in [6.45, 7) is 8.60. The van der Waals surface area contributed by atoms with Crippen LogP contribution in [0.4, 0.5) is 0 Å². The molecule has 0 aromatic heterocycles. The predicted octanol–water partition coefficient (Wildman–Crippen LogP) is 4.67. The number of aryl methyl sites for hydroxylation is 1. The van der Waals surface area contributed by atoms with E-state index in [2.05, 4.69) is 45.9 Å². The molecule has 0 bridgehead atoms. The molecule has 0 radical (unpaired) electrons. The zero-order valence-corrected chi connectivity index (χ0v) is 11.5. The summed E-state index contributed by atoms with van der Waals surface area (Å²) in [5, 5.41) is 10.0. The molecule has 0 saturated carbocycles. The summed E-state index contributed by atoms with van der Waals surface area (Å²) in [6.07, 6.45) is 0. The molecule has 0 aliphatic carbocycles. The number of phenols is 1. The molecule has 1 nitrogen and oxygen atoms in total. The molecule has 0 aliphatic rings. The molecule has 1 heteroatoms. The highest BCUT2D eigenvalue weighted by Crippen LogP contribution is 2.34.